The van der Waals surface area contributed by atoms with Gasteiger partial charge >= 0.3 is 0 Å². The highest BCUT2D eigenvalue weighted by atomic mass is 16.6. The van der Waals surface area contributed by atoms with Gasteiger partial charge in [-0.15, -0.1) is 0 Å². The molecule has 4 nitrogen and oxygen atoms in total. The number of fused-ring (bicyclic) bond motifs is 2. The van der Waals surface area contributed by atoms with E-state index in [1.165, 1.54) is 0 Å². The number of hydrogen-bond donors (Lipinski definition) is 0. The average Bonchev–Trinajstić information content (AvgIpc) is 3.16. The van der Waals surface area contributed by atoms with Crippen molar-refractivity contribution in [2.45, 2.75) is 0 Å². The molecular formula is C24H16N2O2. The molecule has 0 radical (unpaired) electrons. The molecule has 0 aliphatic carbocycles. The maximum absolute atomic E-state index is 11.9. The third kappa shape index (κ3) is 2.55. The Kier molecular flexibility index (Phi) is 3.69. The van der Waals surface area contributed by atoms with Crippen molar-refractivity contribution in [3.63, 3.8) is 0 Å². The van der Waals surface area contributed by atoms with E-state index in [-0.39, 0.29) is 10.6 Å². The molecule has 0 aliphatic heterocycles. The van der Waals surface area contributed by atoms with Crippen LogP contribution in [0.5, 0.6) is 0 Å². The zero-order chi connectivity index (χ0) is 19.1. The fourth-order valence-electron chi connectivity index (χ4n) is 3.81. The van der Waals surface area contributed by atoms with Gasteiger partial charge in [0.1, 0.15) is 0 Å². The SMILES string of the molecule is O=[N+]([O-])c1c(-c2ccc3c(ccn3-c3ccccc3)c2)ccc2ccccc12. The quantitative estimate of drug-likeness (QED) is 0.276. The fourth-order valence-corrected chi connectivity index (χ4v) is 3.81. The molecular weight excluding hydrogens is 348 g/mol. The molecule has 0 unspecified atom stereocenters. The van der Waals surface area contributed by atoms with E-state index < -0.39 is 0 Å². The normalized spacial score (nSPS) is 11.1. The van der Waals surface area contributed by atoms with Crippen LogP contribution in [0.15, 0.2) is 97.2 Å². The first kappa shape index (κ1) is 16.3. The Balaban J connectivity index is 1.70. The first-order valence-electron chi connectivity index (χ1n) is 9.05. The lowest BCUT2D eigenvalue weighted by Crippen LogP contribution is -1.94. The molecule has 4 aromatic carbocycles. The predicted molar refractivity (Wildman–Crippen MR) is 113 cm³/mol. The molecule has 0 N–H and O–H groups in total. The molecule has 1 heterocycles. The highest BCUT2D eigenvalue weighted by molar-refractivity contribution is 5.99. The molecule has 0 saturated heterocycles. The molecule has 0 atom stereocenters. The van der Waals surface area contributed by atoms with Crippen molar-refractivity contribution >= 4 is 27.4 Å². The second-order valence-corrected chi connectivity index (χ2v) is 6.73. The van der Waals surface area contributed by atoms with Crippen LogP contribution in [0.1, 0.15) is 0 Å². The smallest absolute Gasteiger partial charge is 0.284 e. The number of nitro groups is 1. The zero-order valence-corrected chi connectivity index (χ0v) is 14.9. The van der Waals surface area contributed by atoms with Crippen LogP contribution in [0.4, 0.5) is 5.69 Å². The summed E-state index contributed by atoms with van der Waals surface area (Å²) in [6, 6.07) is 29.4. The Bertz CT molecular complexity index is 1340. The van der Waals surface area contributed by atoms with Gasteiger partial charge in [0.15, 0.2) is 0 Å². The van der Waals surface area contributed by atoms with Crippen LogP contribution in [-0.4, -0.2) is 9.49 Å². The van der Waals surface area contributed by atoms with Crippen LogP contribution in [0.25, 0.3) is 38.5 Å². The molecule has 0 spiro atoms. The summed E-state index contributed by atoms with van der Waals surface area (Å²) in [5.41, 5.74) is 3.79. The summed E-state index contributed by atoms with van der Waals surface area (Å²) in [7, 11) is 0. The van der Waals surface area contributed by atoms with Crippen molar-refractivity contribution in [2.75, 3.05) is 0 Å². The van der Waals surface area contributed by atoms with Crippen molar-refractivity contribution < 1.29 is 4.92 Å². The van der Waals surface area contributed by atoms with Crippen LogP contribution in [0.2, 0.25) is 0 Å². The van der Waals surface area contributed by atoms with E-state index in [1.807, 2.05) is 79.0 Å². The molecule has 28 heavy (non-hydrogen) atoms. The van der Waals surface area contributed by atoms with E-state index in [0.29, 0.717) is 10.9 Å². The highest BCUT2D eigenvalue weighted by Crippen LogP contribution is 2.37. The van der Waals surface area contributed by atoms with Gasteiger partial charge < -0.3 is 4.57 Å². The van der Waals surface area contributed by atoms with Crippen molar-refractivity contribution in [2.24, 2.45) is 0 Å². The molecule has 0 bridgehead atoms. The minimum absolute atomic E-state index is 0.153. The topological polar surface area (TPSA) is 48.1 Å². The van der Waals surface area contributed by atoms with Crippen LogP contribution < -0.4 is 0 Å². The fraction of sp³-hybridized carbons (Fsp3) is 0. The predicted octanol–water partition coefficient (Wildman–Crippen LogP) is 6.36. The Morgan fingerprint density at radius 3 is 2.36 bits per heavy atom. The van der Waals surface area contributed by atoms with Crippen LogP contribution in [0, 0.1) is 10.1 Å². The number of para-hydroxylation sites is 1. The van der Waals surface area contributed by atoms with Gasteiger partial charge in [0.25, 0.3) is 5.69 Å². The second kappa shape index (κ2) is 6.35. The monoisotopic (exact) mass is 364 g/mol. The first-order valence-corrected chi connectivity index (χ1v) is 9.05. The Morgan fingerprint density at radius 2 is 1.54 bits per heavy atom. The number of nitrogens with zero attached hydrogens (tertiary/aromatic N) is 2. The lowest BCUT2D eigenvalue weighted by Gasteiger charge is -2.08. The third-order valence-electron chi connectivity index (χ3n) is 5.12. The van der Waals surface area contributed by atoms with Crippen molar-refractivity contribution in [3.8, 4) is 16.8 Å². The highest BCUT2D eigenvalue weighted by Gasteiger charge is 2.20. The van der Waals surface area contributed by atoms with Gasteiger partial charge in [0.2, 0.25) is 0 Å². The zero-order valence-electron chi connectivity index (χ0n) is 14.9. The summed E-state index contributed by atoms with van der Waals surface area (Å²) in [4.78, 5) is 11.6. The number of rotatable bonds is 3. The summed E-state index contributed by atoms with van der Waals surface area (Å²) in [6.07, 6.45) is 2.03. The summed E-state index contributed by atoms with van der Waals surface area (Å²) < 4.78 is 2.12. The van der Waals surface area contributed by atoms with Gasteiger partial charge in [-0.05, 0) is 53.4 Å². The van der Waals surface area contributed by atoms with E-state index >= 15 is 0 Å². The van der Waals surface area contributed by atoms with Gasteiger partial charge in [-0.25, -0.2) is 0 Å². The molecule has 5 aromatic rings. The Morgan fingerprint density at radius 1 is 0.750 bits per heavy atom. The van der Waals surface area contributed by atoms with Gasteiger partial charge in [-0.3, -0.25) is 10.1 Å². The maximum Gasteiger partial charge on any atom is 0.284 e. The minimum Gasteiger partial charge on any atom is -0.317 e. The molecule has 0 aliphatic rings. The Labute approximate surface area is 161 Å². The number of nitro benzene ring substituents is 1. The van der Waals surface area contributed by atoms with Gasteiger partial charge in [-0.1, -0.05) is 48.5 Å². The van der Waals surface area contributed by atoms with E-state index in [0.717, 1.165) is 27.5 Å². The first-order chi connectivity index (χ1) is 13.7. The van der Waals surface area contributed by atoms with E-state index in [2.05, 4.69) is 16.7 Å². The summed E-state index contributed by atoms with van der Waals surface area (Å²) in [5.74, 6) is 0. The van der Waals surface area contributed by atoms with Gasteiger partial charge in [0.05, 0.1) is 21.4 Å². The summed E-state index contributed by atoms with van der Waals surface area (Å²) in [5, 5.41) is 14.4. The Hall–Kier alpha value is -3.92. The molecule has 0 amide bonds. The van der Waals surface area contributed by atoms with E-state index in [1.54, 1.807) is 6.07 Å². The molecule has 4 heteroatoms. The third-order valence-corrected chi connectivity index (χ3v) is 5.12. The van der Waals surface area contributed by atoms with Crippen LogP contribution in [-0.2, 0) is 0 Å². The molecule has 0 fully saturated rings. The van der Waals surface area contributed by atoms with Crippen LogP contribution >= 0.6 is 0 Å². The molecule has 1 aromatic heterocycles. The number of aromatic nitrogens is 1. The lowest BCUT2D eigenvalue weighted by atomic mass is 9.97. The average molecular weight is 364 g/mol. The van der Waals surface area contributed by atoms with Crippen LogP contribution in [0.3, 0.4) is 0 Å². The van der Waals surface area contributed by atoms with E-state index in [9.17, 15) is 10.1 Å². The molecule has 0 saturated carbocycles. The van der Waals surface area contributed by atoms with Gasteiger partial charge in [0, 0.05) is 17.3 Å². The lowest BCUT2D eigenvalue weighted by molar-refractivity contribution is -0.382. The molecule has 134 valence electrons. The summed E-state index contributed by atoms with van der Waals surface area (Å²) in [6.45, 7) is 0. The van der Waals surface area contributed by atoms with E-state index in [4.69, 9.17) is 0 Å². The standard InChI is InChI=1S/C24H16N2O2/c27-26(28)24-21-9-5-4-6-17(21)10-12-22(24)18-11-13-23-19(16-18)14-15-25(23)20-7-2-1-3-8-20/h1-16H. The number of hydrogen-bond acceptors (Lipinski definition) is 2. The summed E-state index contributed by atoms with van der Waals surface area (Å²) >= 11 is 0. The van der Waals surface area contributed by atoms with Crippen molar-refractivity contribution in [1.82, 2.24) is 4.57 Å². The number of benzene rings is 4. The maximum atomic E-state index is 11.9. The van der Waals surface area contributed by atoms with Crippen molar-refractivity contribution in [3.05, 3.63) is 107 Å². The molecule has 5 rings (SSSR count). The minimum atomic E-state index is -0.281. The van der Waals surface area contributed by atoms with Crippen molar-refractivity contribution in [1.29, 1.82) is 0 Å². The largest absolute Gasteiger partial charge is 0.317 e. The van der Waals surface area contributed by atoms with Gasteiger partial charge in [-0.2, -0.15) is 0 Å². The second-order valence-electron chi connectivity index (χ2n) is 6.73.